The van der Waals surface area contributed by atoms with Crippen molar-refractivity contribution in [1.29, 1.82) is 0 Å². The first kappa shape index (κ1) is 16.3. The summed E-state index contributed by atoms with van der Waals surface area (Å²) in [7, 11) is 1.58. The van der Waals surface area contributed by atoms with Crippen molar-refractivity contribution in [2.75, 3.05) is 19.0 Å². The third kappa shape index (κ3) is 4.44. The van der Waals surface area contributed by atoms with Gasteiger partial charge in [-0.05, 0) is 48.5 Å². The first-order chi connectivity index (χ1) is 11.1. The molecule has 0 aliphatic rings. The third-order valence-corrected chi connectivity index (χ3v) is 3.16. The van der Waals surface area contributed by atoms with Gasteiger partial charge in [0.25, 0.3) is 11.8 Å². The van der Waals surface area contributed by atoms with Crippen molar-refractivity contribution in [3.8, 4) is 5.75 Å². The van der Waals surface area contributed by atoms with Crippen LogP contribution in [0.3, 0.4) is 0 Å². The second kappa shape index (κ2) is 7.79. The van der Waals surface area contributed by atoms with Crippen molar-refractivity contribution >= 4 is 17.5 Å². The number of methoxy groups -OCH3 is 1. The van der Waals surface area contributed by atoms with E-state index in [1.165, 1.54) is 0 Å². The number of carbonyl (C=O) groups is 2. The Morgan fingerprint density at radius 3 is 2.09 bits per heavy atom. The number of hydrogen-bond donors (Lipinski definition) is 2. The molecule has 0 unspecified atom stereocenters. The van der Waals surface area contributed by atoms with E-state index in [1.807, 2.05) is 0 Å². The molecule has 0 aliphatic carbocycles. The number of hydrogen-bond acceptors (Lipinski definition) is 3. The number of ether oxygens (including phenoxy) is 1. The van der Waals surface area contributed by atoms with E-state index < -0.39 is 0 Å². The third-order valence-electron chi connectivity index (χ3n) is 3.16. The number of anilines is 1. The van der Waals surface area contributed by atoms with Gasteiger partial charge in [-0.3, -0.25) is 9.59 Å². The minimum Gasteiger partial charge on any atom is -0.497 e. The molecule has 0 radical (unpaired) electrons. The Hall–Kier alpha value is -3.08. The summed E-state index contributed by atoms with van der Waals surface area (Å²) in [6, 6.07) is 13.5. The van der Waals surface area contributed by atoms with Crippen LogP contribution in [0.1, 0.15) is 20.7 Å². The zero-order valence-electron chi connectivity index (χ0n) is 12.8. The molecule has 5 nitrogen and oxygen atoms in total. The lowest BCUT2D eigenvalue weighted by Crippen LogP contribution is -2.23. The summed E-state index contributed by atoms with van der Waals surface area (Å²) in [5.41, 5.74) is 1.64. The van der Waals surface area contributed by atoms with E-state index in [0.717, 1.165) is 5.75 Å². The molecule has 5 heteroatoms. The molecule has 23 heavy (non-hydrogen) atoms. The van der Waals surface area contributed by atoms with Gasteiger partial charge in [0.2, 0.25) is 0 Å². The normalized spacial score (nSPS) is 9.78. The van der Waals surface area contributed by atoms with Crippen LogP contribution in [0.5, 0.6) is 5.75 Å². The fourth-order valence-electron chi connectivity index (χ4n) is 1.92. The molecule has 0 atom stereocenters. The van der Waals surface area contributed by atoms with Crippen LogP contribution in [0.2, 0.25) is 0 Å². The van der Waals surface area contributed by atoms with Crippen molar-refractivity contribution in [3.05, 3.63) is 72.3 Å². The molecule has 2 aromatic carbocycles. The Balaban J connectivity index is 2.01. The van der Waals surface area contributed by atoms with Crippen molar-refractivity contribution in [3.63, 3.8) is 0 Å². The molecule has 2 aromatic rings. The van der Waals surface area contributed by atoms with Crippen LogP contribution in [-0.4, -0.2) is 25.5 Å². The van der Waals surface area contributed by atoms with E-state index >= 15 is 0 Å². The lowest BCUT2D eigenvalue weighted by atomic mass is 10.1. The number of rotatable bonds is 6. The SMILES string of the molecule is C=CCNC(=O)c1ccc(C(=O)Nc2ccc(OC)cc2)cc1. The first-order valence-corrected chi connectivity index (χ1v) is 7.08. The quantitative estimate of drug-likeness (QED) is 0.806. The van der Waals surface area contributed by atoms with Crippen LogP contribution in [0, 0.1) is 0 Å². The van der Waals surface area contributed by atoms with Crippen molar-refractivity contribution in [2.45, 2.75) is 0 Å². The van der Waals surface area contributed by atoms with Gasteiger partial charge >= 0.3 is 0 Å². The topological polar surface area (TPSA) is 67.4 Å². The fraction of sp³-hybridized carbons (Fsp3) is 0.111. The Kier molecular flexibility index (Phi) is 5.52. The highest BCUT2D eigenvalue weighted by Gasteiger charge is 2.09. The van der Waals surface area contributed by atoms with E-state index in [4.69, 9.17) is 4.74 Å². The first-order valence-electron chi connectivity index (χ1n) is 7.08. The van der Waals surface area contributed by atoms with Gasteiger partial charge in [-0.15, -0.1) is 6.58 Å². The summed E-state index contributed by atoms with van der Waals surface area (Å²) >= 11 is 0. The predicted octanol–water partition coefficient (Wildman–Crippen LogP) is 2.86. The number of nitrogens with one attached hydrogen (secondary N) is 2. The Morgan fingerprint density at radius 2 is 1.57 bits per heavy atom. The second-order valence-electron chi connectivity index (χ2n) is 4.76. The molecule has 0 saturated carbocycles. The van der Waals surface area contributed by atoms with E-state index in [0.29, 0.717) is 23.4 Å². The smallest absolute Gasteiger partial charge is 0.255 e. The van der Waals surface area contributed by atoms with Crippen molar-refractivity contribution < 1.29 is 14.3 Å². The molecule has 0 aromatic heterocycles. The summed E-state index contributed by atoms with van der Waals surface area (Å²) in [4.78, 5) is 23.9. The average Bonchev–Trinajstić information content (AvgIpc) is 2.60. The second-order valence-corrected chi connectivity index (χ2v) is 4.76. The summed E-state index contributed by atoms with van der Waals surface area (Å²) in [5, 5.41) is 5.46. The van der Waals surface area contributed by atoms with E-state index in [9.17, 15) is 9.59 Å². The average molecular weight is 310 g/mol. The molecule has 118 valence electrons. The zero-order valence-corrected chi connectivity index (χ0v) is 12.8. The molecular formula is C18H18N2O3. The Labute approximate surface area is 135 Å². The van der Waals surface area contributed by atoms with Gasteiger partial charge in [-0.25, -0.2) is 0 Å². The molecule has 0 heterocycles. The van der Waals surface area contributed by atoms with Gasteiger partial charge in [-0.1, -0.05) is 6.08 Å². The minimum absolute atomic E-state index is 0.202. The fourth-order valence-corrected chi connectivity index (χ4v) is 1.92. The van der Waals surface area contributed by atoms with Gasteiger partial charge in [0.1, 0.15) is 5.75 Å². The van der Waals surface area contributed by atoms with Crippen LogP contribution in [-0.2, 0) is 0 Å². The minimum atomic E-state index is -0.242. The van der Waals surface area contributed by atoms with Crippen LogP contribution < -0.4 is 15.4 Å². The number of benzene rings is 2. The largest absolute Gasteiger partial charge is 0.497 e. The maximum absolute atomic E-state index is 12.2. The highest BCUT2D eigenvalue weighted by molar-refractivity contribution is 6.05. The van der Waals surface area contributed by atoms with Gasteiger partial charge < -0.3 is 15.4 Å². The van der Waals surface area contributed by atoms with E-state index in [-0.39, 0.29) is 11.8 Å². The predicted molar refractivity (Wildman–Crippen MR) is 89.9 cm³/mol. The van der Waals surface area contributed by atoms with Crippen molar-refractivity contribution in [1.82, 2.24) is 5.32 Å². The van der Waals surface area contributed by atoms with Gasteiger partial charge in [0.05, 0.1) is 7.11 Å². The van der Waals surface area contributed by atoms with E-state index in [1.54, 1.807) is 61.7 Å². The summed E-state index contributed by atoms with van der Waals surface area (Å²) in [6.07, 6.45) is 1.61. The molecule has 0 spiro atoms. The van der Waals surface area contributed by atoms with Gasteiger partial charge in [0, 0.05) is 23.4 Å². The van der Waals surface area contributed by atoms with Crippen LogP contribution in [0.15, 0.2) is 61.2 Å². The number of amides is 2. The lowest BCUT2D eigenvalue weighted by molar-refractivity contribution is 0.0956. The molecule has 0 fully saturated rings. The van der Waals surface area contributed by atoms with Crippen LogP contribution in [0.4, 0.5) is 5.69 Å². The van der Waals surface area contributed by atoms with Crippen LogP contribution in [0.25, 0.3) is 0 Å². The molecule has 2 N–H and O–H groups in total. The Morgan fingerprint density at radius 1 is 1.00 bits per heavy atom. The van der Waals surface area contributed by atoms with Crippen LogP contribution >= 0.6 is 0 Å². The lowest BCUT2D eigenvalue weighted by Gasteiger charge is -2.07. The highest BCUT2D eigenvalue weighted by Crippen LogP contribution is 2.16. The number of carbonyl (C=O) groups excluding carboxylic acids is 2. The van der Waals surface area contributed by atoms with Gasteiger partial charge in [-0.2, -0.15) is 0 Å². The molecule has 0 bridgehead atoms. The molecule has 2 amide bonds. The zero-order chi connectivity index (χ0) is 16.7. The highest BCUT2D eigenvalue weighted by atomic mass is 16.5. The maximum atomic E-state index is 12.2. The Bertz CT molecular complexity index is 691. The summed E-state index contributed by atoms with van der Waals surface area (Å²) < 4.78 is 5.07. The monoisotopic (exact) mass is 310 g/mol. The maximum Gasteiger partial charge on any atom is 0.255 e. The van der Waals surface area contributed by atoms with Gasteiger partial charge in [0.15, 0.2) is 0 Å². The summed E-state index contributed by atoms with van der Waals surface area (Å²) in [6.45, 7) is 3.94. The van der Waals surface area contributed by atoms with E-state index in [2.05, 4.69) is 17.2 Å². The molecule has 0 saturated heterocycles. The molecule has 2 rings (SSSR count). The van der Waals surface area contributed by atoms with Crippen molar-refractivity contribution in [2.24, 2.45) is 0 Å². The summed E-state index contributed by atoms with van der Waals surface area (Å²) in [5.74, 6) is 0.276. The molecular weight excluding hydrogens is 292 g/mol. The molecule has 0 aliphatic heterocycles. The standard InChI is InChI=1S/C18H18N2O3/c1-3-12-19-17(21)13-4-6-14(7-5-13)18(22)20-15-8-10-16(23-2)11-9-15/h3-11H,1,12H2,2H3,(H,19,21)(H,20,22).